The zero-order chi connectivity index (χ0) is 19.6. The van der Waals surface area contributed by atoms with E-state index in [0.717, 1.165) is 6.42 Å². The van der Waals surface area contributed by atoms with E-state index in [1.807, 2.05) is 6.07 Å². The Kier molecular flexibility index (Phi) is 5.92. The summed E-state index contributed by atoms with van der Waals surface area (Å²) in [5.41, 5.74) is 1.03. The third kappa shape index (κ3) is 4.37. The number of benzene rings is 2. The molecule has 2 amide bonds. The number of hydrogen-bond acceptors (Lipinski definition) is 3. The molecule has 1 atom stereocenters. The van der Waals surface area contributed by atoms with Gasteiger partial charge in [0.05, 0.1) is 0 Å². The first kappa shape index (κ1) is 19.5. The number of para-hydroxylation sites is 1. The van der Waals surface area contributed by atoms with E-state index in [1.165, 1.54) is 4.90 Å². The van der Waals surface area contributed by atoms with E-state index in [9.17, 15) is 14.7 Å². The maximum absolute atomic E-state index is 12.9. The number of carbonyl (C=O) groups is 2. The fourth-order valence-electron chi connectivity index (χ4n) is 3.34. The van der Waals surface area contributed by atoms with Crippen molar-refractivity contribution in [2.45, 2.75) is 25.4 Å². The highest BCUT2D eigenvalue weighted by Crippen LogP contribution is 2.26. The Balaban J connectivity index is 1.76. The fourth-order valence-corrected chi connectivity index (χ4v) is 3.87. The average molecular weight is 407 g/mol. The number of amides is 2. The van der Waals surface area contributed by atoms with Crippen LogP contribution in [0.3, 0.4) is 0 Å². The Morgan fingerprint density at radius 3 is 2.52 bits per heavy atom. The Morgan fingerprint density at radius 1 is 1.19 bits per heavy atom. The molecule has 1 saturated heterocycles. The molecule has 142 valence electrons. The lowest BCUT2D eigenvalue weighted by Crippen LogP contribution is -2.46. The third-order valence-corrected chi connectivity index (χ3v) is 5.12. The molecule has 1 N–H and O–H groups in total. The Labute approximate surface area is 168 Å². The van der Waals surface area contributed by atoms with Gasteiger partial charge < -0.3 is 14.9 Å². The summed E-state index contributed by atoms with van der Waals surface area (Å²) in [5.74, 6) is -0.270. The number of hydrogen-bond donors (Lipinski definition) is 1. The van der Waals surface area contributed by atoms with E-state index >= 15 is 0 Å². The minimum atomic E-state index is -0.536. The predicted octanol–water partition coefficient (Wildman–Crippen LogP) is 3.96. The molecule has 0 bridgehead atoms. The standard InChI is InChI=1S/C20H20Cl2N2O3/c1-23(12-13-5-2-3-7-18(13)25)20(27)17-6-4-8-24(17)19(26)14-9-15(21)11-16(22)10-14/h2-3,5,7,9-11,17,25H,4,6,8,12H2,1H3. The second kappa shape index (κ2) is 8.19. The van der Waals surface area contributed by atoms with Crippen LogP contribution in [0.15, 0.2) is 42.5 Å². The monoisotopic (exact) mass is 406 g/mol. The number of rotatable bonds is 4. The van der Waals surface area contributed by atoms with Gasteiger partial charge in [0, 0.05) is 41.3 Å². The highest BCUT2D eigenvalue weighted by Gasteiger charge is 2.36. The summed E-state index contributed by atoms with van der Waals surface area (Å²) in [6.07, 6.45) is 1.35. The number of phenols is 1. The lowest BCUT2D eigenvalue weighted by Gasteiger charge is -2.28. The van der Waals surface area contributed by atoms with Crippen molar-refractivity contribution in [3.05, 3.63) is 63.6 Å². The van der Waals surface area contributed by atoms with Gasteiger partial charge in [0.2, 0.25) is 5.91 Å². The van der Waals surface area contributed by atoms with Crippen LogP contribution in [0.5, 0.6) is 5.75 Å². The Bertz CT molecular complexity index is 852. The van der Waals surface area contributed by atoms with Crippen molar-refractivity contribution >= 4 is 35.0 Å². The molecule has 27 heavy (non-hydrogen) atoms. The predicted molar refractivity (Wildman–Crippen MR) is 105 cm³/mol. The zero-order valence-electron chi connectivity index (χ0n) is 14.9. The summed E-state index contributed by atoms with van der Waals surface area (Å²) < 4.78 is 0. The van der Waals surface area contributed by atoms with Gasteiger partial charge in [-0.2, -0.15) is 0 Å². The molecule has 0 radical (unpaired) electrons. The van der Waals surface area contributed by atoms with Gasteiger partial charge in [-0.05, 0) is 37.1 Å². The SMILES string of the molecule is CN(Cc1ccccc1O)C(=O)C1CCCN1C(=O)c1cc(Cl)cc(Cl)c1. The number of aromatic hydroxyl groups is 1. The van der Waals surface area contributed by atoms with Crippen molar-refractivity contribution in [1.82, 2.24) is 9.80 Å². The van der Waals surface area contributed by atoms with Gasteiger partial charge in [-0.1, -0.05) is 41.4 Å². The first-order valence-electron chi connectivity index (χ1n) is 8.65. The van der Waals surface area contributed by atoms with Crippen LogP contribution in [0.4, 0.5) is 0 Å². The van der Waals surface area contributed by atoms with Crippen molar-refractivity contribution in [3.63, 3.8) is 0 Å². The van der Waals surface area contributed by atoms with Gasteiger partial charge in [-0.25, -0.2) is 0 Å². The van der Waals surface area contributed by atoms with Crippen LogP contribution in [0.1, 0.15) is 28.8 Å². The summed E-state index contributed by atoms with van der Waals surface area (Å²) in [6.45, 7) is 0.775. The number of likely N-dealkylation sites (tertiary alicyclic amines) is 1. The molecule has 1 aliphatic rings. The molecule has 7 heteroatoms. The van der Waals surface area contributed by atoms with Crippen molar-refractivity contribution in [1.29, 1.82) is 0 Å². The number of phenolic OH excluding ortho intramolecular Hbond substituents is 1. The van der Waals surface area contributed by atoms with Crippen molar-refractivity contribution in [2.24, 2.45) is 0 Å². The van der Waals surface area contributed by atoms with Gasteiger partial charge in [0.25, 0.3) is 5.91 Å². The number of nitrogens with zero attached hydrogens (tertiary/aromatic N) is 2. The highest BCUT2D eigenvalue weighted by molar-refractivity contribution is 6.35. The van der Waals surface area contributed by atoms with E-state index in [2.05, 4.69) is 0 Å². The first-order chi connectivity index (χ1) is 12.9. The molecule has 1 heterocycles. The molecule has 0 aliphatic carbocycles. The fraction of sp³-hybridized carbons (Fsp3) is 0.300. The molecular weight excluding hydrogens is 387 g/mol. The molecule has 3 rings (SSSR count). The maximum Gasteiger partial charge on any atom is 0.254 e. The first-order valence-corrected chi connectivity index (χ1v) is 9.41. The quantitative estimate of drug-likeness (QED) is 0.835. The molecule has 1 fully saturated rings. The molecule has 1 aliphatic heterocycles. The second-order valence-electron chi connectivity index (χ2n) is 6.64. The van der Waals surface area contributed by atoms with Gasteiger partial charge >= 0.3 is 0 Å². The zero-order valence-corrected chi connectivity index (χ0v) is 16.4. The highest BCUT2D eigenvalue weighted by atomic mass is 35.5. The number of halogens is 2. The number of likely N-dealkylation sites (N-methyl/N-ethyl adjacent to an activating group) is 1. The minimum Gasteiger partial charge on any atom is -0.508 e. The summed E-state index contributed by atoms with van der Waals surface area (Å²) in [5, 5.41) is 10.7. The summed E-state index contributed by atoms with van der Waals surface area (Å²) in [6, 6.07) is 11.0. The summed E-state index contributed by atoms with van der Waals surface area (Å²) >= 11 is 12.0. The van der Waals surface area contributed by atoms with Crippen LogP contribution in [-0.2, 0) is 11.3 Å². The van der Waals surface area contributed by atoms with Crippen molar-refractivity contribution in [2.75, 3.05) is 13.6 Å². The van der Waals surface area contributed by atoms with E-state index in [-0.39, 0.29) is 24.1 Å². The Morgan fingerprint density at radius 2 is 1.85 bits per heavy atom. The molecule has 0 spiro atoms. The van der Waals surface area contributed by atoms with Crippen LogP contribution in [0.2, 0.25) is 10.0 Å². The second-order valence-corrected chi connectivity index (χ2v) is 7.51. The molecule has 2 aromatic carbocycles. The summed E-state index contributed by atoms with van der Waals surface area (Å²) in [7, 11) is 1.67. The molecule has 5 nitrogen and oxygen atoms in total. The van der Waals surface area contributed by atoms with Gasteiger partial charge in [-0.3, -0.25) is 9.59 Å². The van der Waals surface area contributed by atoms with Gasteiger partial charge in [0.15, 0.2) is 0 Å². The number of carbonyl (C=O) groups excluding carboxylic acids is 2. The average Bonchev–Trinajstić information content (AvgIpc) is 3.11. The van der Waals surface area contributed by atoms with Crippen LogP contribution in [0, 0.1) is 0 Å². The van der Waals surface area contributed by atoms with E-state index in [4.69, 9.17) is 23.2 Å². The van der Waals surface area contributed by atoms with Crippen molar-refractivity contribution in [3.8, 4) is 5.75 Å². The topological polar surface area (TPSA) is 60.9 Å². The smallest absolute Gasteiger partial charge is 0.254 e. The Hall–Kier alpha value is -2.24. The normalized spacial score (nSPS) is 16.4. The molecule has 2 aromatic rings. The van der Waals surface area contributed by atoms with Gasteiger partial charge in [0.1, 0.15) is 11.8 Å². The lowest BCUT2D eigenvalue weighted by molar-refractivity contribution is -0.134. The molecule has 1 unspecified atom stereocenters. The molecule has 0 aromatic heterocycles. The minimum absolute atomic E-state index is 0.144. The van der Waals surface area contributed by atoms with Crippen molar-refractivity contribution < 1.29 is 14.7 Å². The lowest BCUT2D eigenvalue weighted by atomic mass is 10.1. The van der Waals surface area contributed by atoms with Crippen LogP contribution >= 0.6 is 23.2 Å². The van der Waals surface area contributed by atoms with E-state index in [1.54, 1.807) is 48.3 Å². The van der Waals surface area contributed by atoms with Crippen LogP contribution < -0.4 is 0 Å². The van der Waals surface area contributed by atoms with E-state index < -0.39 is 6.04 Å². The van der Waals surface area contributed by atoms with Crippen LogP contribution in [-0.4, -0.2) is 46.4 Å². The van der Waals surface area contributed by atoms with Crippen LogP contribution in [0.25, 0.3) is 0 Å². The largest absolute Gasteiger partial charge is 0.508 e. The maximum atomic E-state index is 12.9. The van der Waals surface area contributed by atoms with Gasteiger partial charge in [-0.15, -0.1) is 0 Å². The summed E-state index contributed by atoms with van der Waals surface area (Å²) in [4.78, 5) is 29.0. The molecular formula is C20H20Cl2N2O3. The molecule has 0 saturated carbocycles. The van der Waals surface area contributed by atoms with E-state index in [0.29, 0.717) is 34.1 Å². The third-order valence-electron chi connectivity index (χ3n) is 4.68.